The lowest BCUT2D eigenvalue weighted by Crippen LogP contribution is -2.53. The van der Waals surface area contributed by atoms with Crippen molar-refractivity contribution in [3.8, 4) is 0 Å². The van der Waals surface area contributed by atoms with E-state index in [1.54, 1.807) is 0 Å². The molecule has 0 heterocycles. The fraction of sp³-hybridized carbons (Fsp3) is 1.00. The van der Waals surface area contributed by atoms with Gasteiger partial charge in [0.1, 0.15) is 18.9 Å². The van der Waals surface area contributed by atoms with Crippen molar-refractivity contribution in [2.75, 3.05) is 25.7 Å². The van der Waals surface area contributed by atoms with Crippen molar-refractivity contribution in [2.45, 2.75) is 105 Å². The number of halogens is 1. The monoisotopic (exact) mass is 442 g/mol. The van der Waals surface area contributed by atoms with Crippen LogP contribution in [0.5, 0.6) is 0 Å². The van der Waals surface area contributed by atoms with Crippen LogP contribution in [0.2, 0.25) is 6.04 Å². The Morgan fingerprint density at radius 1 is 0.643 bits per heavy atom. The molecule has 3 unspecified atom stereocenters. The highest BCUT2D eigenvalue weighted by Crippen LogP contribution is 2.24. The number of alkyl halides is 1. The fourth-order valence-corrected chi connectivity index (χ4v) is 5.58. The molecule has 170 valence electrons. The van der Waals surface area contributed by atoms with Gasteiger partial charge < -0.3 is 27.5 Å². The Hall–Kier alpha value is 0.267. The zero-order valence-corrected chi connectivity index (χ0v) is 20.6. The quantitative estimate of drug-likeness (QED) is 0.104. The molecule has 0 amide bonds. The summed E-state index contributed by atoms with van der Waals surface area (Å²) < 4.78 is 35.9. The lowest BCUT2D eigenvalue weighted by atomic mass is 10.4. The highest BCUT2D eigenvalue weighted by Gasteiger charge is 2.46. The van der Waals surface area contributed by atoms with Gasteiger partial charge in [-0.15, -0.1) is 11.6 Å². The Balaban J connectivity index is 5.05. The minimum atomic E-state index is -3.17. The maximum Gasteiger partial charge on any atom is 0.508 e. The first-order chi connectivity index (χ1) is 13.4. The maximum absolute atomic E-state index is 6.21. The molecule has 0 aliphatic heterocycles. The Morgan fingerprint density at radius 3 is 1.21 bits per heavy atom. The van der Waals surface area contributed by atoms with Crippen LogP contribution in [-0.4, -0.2) is 53.4 Å². The van der Waals surface area contributed by atoms with Crippen LogP contribution in [0.25, 0.3) is 0 Å². The smallest absolute Gasteiger partial charge is 0.354 e. The van der Waals surface area contributed by atoms with E-state index in [0.29, 0.717) is 31.7 Å². The second kappa shape index (κ2) is 18.1. The van der Waals surface area contributed by atoms with Gasteiger partial charge in [0.25, 0.3) is 0 Å². The summed E-state index contributed by atoms with van der Waals surface area (Å²) in [6.45, 7) is 13.9. The Bertz CT molecular complexity index is 305. The van der Waals surface area contributed by atoms with Crippen molar-refractivity contribution >= 4 is 20.4 Å². The molecule has 0 aromatic rings. The predicted molar refractivity (Wildman–Crippen MR) is 116 cm³/mol. The van der Waals surface area contributed by atoms with Crippen LogP contribution in [-0.2, 0) is 27.5 Å². The summed E-state index contributed by atoms with van der Waals surface area (Å²) in [7, 11) is -3.17. The lowest BCUT2D eigenvalue weighted by molar-refractivity contribution is -0.179. The van der Waals surface area contributed by atoms with Gasteiger partial charge in [-0.05, 0) is 40.0 Å². The van der Waals surface area contributed by atoms with Crippen molar-refractivity contribution in [2.24, 2.45) is 0 Å². The first-order valence-corrected chi connectivity index (χ1v) is 13.3. The van der Waals surface area contributed by atoms with E-state index in [4.69, 9.17) is 39.1 Å². The average Bonchev–Trinajstić information content (AvgIpc) is 2.62. The molecule has 0 rings (SSSR count). The van der Waals surface area contributed by atoms with Gasteiger partial charge in [-0.3, -0.25) is 0 Å². The number of unbranched alkanes of at least 4 members (excludes halogenated alkanes) is 3. The van der Waals surface area contributed by atoms with Gasteiger partial charge in [0.2, 0.25) is 0 Å². The number of ether oxygens (including phenoxy) is 3. The summed E-state index contributed by atoms with van der Waals surface area (Å²) in [5.74, 6) is 0.358. The van der Waals surface area contributed by atoms with Crippen LogP contribution in [0.4, 0.5) is 0 Å². The summed E-state index contributed by atoms with van der Waals surface area (Å²) >= 11 is 6.09. The minimum absolute atomic E-state index is 0.358. The summed E-state index contributed by atoms with van der Waals surface area (Å²) in [5.41, 5.74) is 0. The van der Waals surface area contributed by atoms with Crippen LogP contribution in [0.3, 0.4) is 0 Å². The third kappa shape index (κ3) is 14.3. The van der Waals surface area contributed by atoms with E-state index in [1.165, 1.54) is 0 Å². The molecule has 8 heteroatoms. The molecule has 28 heavy (non-hydrogen) atoms. The molecule has 0 spiro atoms. The van der Waals surface area contributed by atoms with Gasteiger partial charge in [0.05, 0.1) is 0 Å². The minimum Gasteiger partial charge on any atom is -0.354 e. The van der Waals surface area contributed by atoms with E-state index in [-0.39, 0.29) is 0 Å². The van der Waals surface area contributed by atoms with E-state index in [2.05, 4.69) is 20.8 Å². The van der Waals surface area contributed by atoms with Gasteiger partial charge in [-0.2, -0.15) is 0 Å². The highest BCUT2D eigenvalue weighted by molar-refractivity contribution is 6.61. The summed E-state index contributed by atoms with van der Waals surface area (Å²) in [6, 6.07) is 0.457. The van der Waals surface area contributed by atoms with E-state index in [0.717, 1.165) is 38.5 Å². The Morgan fingerprint density at radius 2 is 0.964 bits per heavy atom. The first-order valence-electron chi connectivity index (χ1n) is 10.9. The summed E-state index contributed by atoms with van der Waals surface area (Å²) in [5, 5.41) is 0. The summed E-state index contributed by atoms with van der Waals surface area (Å²) in [4.78, 5) is 0. The van der Waals surface area contributed by atoms with Crippen molar-refractivity contribution in [1.82, 2.24) is 0 Å². The lowest BCUT2D eigenvalue weighted by Gasteiger charge is -2.35. The van der Waals surface area contributed by atoms with Gasteiger partial charge in [0, 0.05) is 31.7 Å². The van der Waals surface area contributed by atoms with E-state index in [1.807, 2.05) is 20.8 Å². The van der Waals surface area contributed by atoms with Gasteiger partial charge in [-0.25, -0.2) is 0 Å². The van der Waals surface area contributed by atoms with Crippen molar-refractivity contribution in [1.29, 1.82) is 0 Å². The molecule has 0 saturated heterocycles. The Labute approximate surface area is 178 Å². The largest absolute Gasteiger partial charge is 0.508 e. The standard InChI is InChI=1S/C20H43ClO6Si/c1-7-10-14-22-18(4)25-28(17-13-21,26-19(5)23-15-11-8-2)27-20(6)24-16-12-9-3/h18-20H,7-17H2,1-6H3. The maximum atomic E-state index is 6.21. The molecular formula is C20H43ClO6Si. The fourth-order valence-electron chi connectivity index (χ4n) is 2.42. The zero-order valence-electron chi connectivity index (χ0n) is 18.8. The number of hydrogen-bond donors (Lipinski definition) is 0. The van der Waals surface area contributed by atoms with Crippen LogP contribution in [0.1, 0.15) is 80.1 Å². The second-order valence-electron chi connectivity index (χ2n) is 6.85. The Kier molecular flexibility index (Phi) is 18.2. The highest BCUT2D eigenvalue weighted by atomic mass is 35.5. The molecule has 3 atom stereocenters. The SMILES string of the molecule is CCCCOC(C)O[Si](CCCl)(OC(C)OCCCC)OC(C)OCCCC. The van der Waals surface area contributed by atoms with E-state index in [9.17, 15) is 0 Å². The normalized spacial score (nSPS) is 17.2. The van der Waals surface area contributed by atoms with Crippen LogP contribution in [0, 0.1) is 0 Å². The van der Waals surface area contributed by atoms with Gasteiger partial charge in [-0.1, -0.05) is 40.0 Å². The average molecular weight is 443 g/mol. The molecule has 0 bridgehead atoms. The van der Waals surface area contributed by atoms with Crippen molar-refractivity contribution in [3.63, 3.8) is 0 Å². The summed E-state index contributed by atoms with van der Waals surface area (Å²) in [6.07, 6.45) is 4.77. The molecule has 0 radical (unpaired) electrons. The first kappa shape index (κ1) is 28.3. The van der Waals surface area contributed by atoms with Crippen molar-refractivity contribution < 1.29 is 27.5 Å². The van der Waals surface area contributed by atoms with Gasteiger partial charge >= 0.3 is 8.80 Å². The molecule has 0 aromatic carbocycles. The van der Waals surface area contributed by atoms with E-state index < -0.39 is 27.7 Å². The third-order valence-corrected chi connectivity index (χ3v) is 7.43. The molecular weight excluding hydrogens is 400 g/mol. The van der Waals surface area contributed by atoms with Crippen LogP contribution < -0.4 is 0 Å². The topological polar surface area (TPSA) is 55.4 Å². The second-order valence-corrected chi connectivity index (χ2v) is 9.80. The third-order valence-electron chi connectivity index (χ3n) is 3.99. The zero-order chi connectivity index (χ0) is 21.3. The molecule has 0 fully saturated rings. The van der Waals surface area contributed by atoms with Crippen molar-refractivity contribution in [3.05, 3.63) is 0 Å². The molecule has 0 saturated carbocycles. The predicted octanol–water partition coefficient (Wildman–Crippen LogP) is 5.70. The molecule has 0 aliphatic carbocycles. The van der Waals surface area contributed by atoms with Gasteiger partial charge in [0.15, 0.2) is 0 Å². The number of rotatable bonds is 20. The van der Waals surface area contributed by atoms with E-state index >= 15 is 0 Å². The molecule has 6 nitrogen and oxygen atoms in total. The van der Waals surface area contributed by atoms with Crippen LogP contribution in [0.15, 0.2) is 0 Å². The molecule has 0 aliphatic rings. The number of hydrogen-bond acceptors (Lipinski definition) is 6. The molecule has 0 N–H and O–H groups in total. The van der Waals surface area contributed by atoms with Crippen LogP contribution >= 0.6 is 11.6 Å². The molecule has 0 aromatic heterocycles.